The molecule has 0 saturated carbocycles. The third-order valence-electron chi connectivity index (χ3n) is 4.72. The standard InChI is InChI=1S/C16H24N2O3S/c1-3-10-22(19,20)17-13-4-5-15-14(11-13)16(12-18(15)2)6-8-21-9-7-16/h4-5,11,17H,3,6-10,12H2,1-2H3. The maximum absolute atomic E-state index is 12.0. The first-order valence-corrected chi connectivity index (χ1v) is 9.55. The first-order valence-electron chi connectivity index (χ1n) is 7.90. The fraction of sp³-hybridized carbons (Fsp3) is 0.625. The first kappa shape index (κ1) is 15.6. The highest BCUT2D eigenvalue weighted by atomic mass is 32.2. The van der Waals surface area contributed by atoms with Crippen LogP contribution >= 0.6 is 0 Å². The molecule has 1 fully saturated rings. The molecule has 0 bridgehead atoms. The number of hydrogen-bond donors (Lipinski definition) is 1. The van der Waals surface area contributed by atoms with Gasteiger partial charge in [0.05, 0.1) is 5.75 Å². The molecule has 1 spiro atoms. The van der Waals surface area contributed by atoms with Crippen LogP contribution < -0.4 is 9.62 Å². The van der Waals surface area contributed by atoms with Crippen molar-refractivity contribution in [3.63, 3.8) is 0 Å². The zero-order chi connectivity index (χ0) is 15.8. The van der Waals surface area contributed by atoms with Gasteiger partial charge in [0.1, 0.15) is 0 Å². The fourth-order valence-corrected chi connectivity index (χ4v) is 4.80. The quantitative estimate of drug-likeness (QED) is 0.923. The minimum atomic E-state index is -3.25. The molecule has 2 aliphatic heterocycles. The smallest absolute Gasteiger partial charge is 0.232 e. The summed E-state index contributed by atoms with van der Waals surface area (Å²) in [4.78, 5) is 2.27. The number of sulfonamides is 1. The van der Waals surface area contributed by atoms with Crippen molar-refractivity contribution in [2.45, 2.75) is 31.6 Å². The molecule has 3 rings (SSSR count). The van der Waals surface area contributed by atoms with Crippen molar-refractivity contribution < 1.29 is 13.2 Å². The number of ether oxygens (including phenoxy) is 1. The number of anilines is 2. The van der Waals surface area contributed by atoms with Gasteiger partial charge in [0.2, 0.25) is 10.0 Å². The van der Waals surface area contributed by atoms with Crippen molar-refractivity contribution in [2.75, 3.05) is 42.2 Å². The van der Waals surface area contributed by atoms with Crippen molar-refractivity contribution in [1.29, 1.82) is 0 Å². The Morgan fingerprint density at radius 3 is 2.73 bits per heavy atom. The Labute approximate surface area is 132 Å². The molecule has 0 amide bonds. The van der Waals surface area contributed by atoms with Gasteiger partial charge >= 0.3 is 0 Å². The summed E-state index contributed by atoms with van der Waals surface area (Å²) in [7, 11) is -1.15. The summed E-state index contributed by atoms with van der Waals surface area (Å²) in [6.45, 7) is 4.41. The van der Waals surface area contributed by atoms with Gasteiger partial charge in [0.25, 0.3) is 0 Å². The van der Waals surface area contributed by atoms with E-state index in [1.54, 1.807) is 0 Å². The molecule has 0 aliphatic carbocycles. The molecule has 1 N–H and O–H groups in total. The maximum atomic E-state index is 12.0. The molecule has 5 nitrogen and oxygen atoms in total. The SMILES string of the molecule is CCCS(=O)(=O)Nc1ccc2c(c1)C1(CCOCC1)CN2C. The average Bonchev–Trinajstić information content (AvgIpc) is 2.71. The van der Waals surface area contributed by atoms with Crippen molar-refractivity contribution in [3.8, 4) is 0 Å². The van der Waals surface area contributed by atoms with Crippen LogP contribution in [0.15, 0.2) is 18.2 Å². The zero-order valence-corrected chi connectivity index (χ0v) is 14.1. The summed E-state index contributed by atoms with van der Waals surface area (Å²) >= 11 is 0. The highest BCUT2D eigenvalue weighted by Crippen LogP contribution is 2.47. The van der Waals surface area contributed by atoms with Crippen molar-refractivity contribution in [2.24, 2.45) is 0 Å². The molecular formula is C16H24N2O3S. The van der Waals surface area contributed by atoms with Crippen LogP contribution in [0.5, 0.6) is 0 Å². The Morgan fingerprint density at radius 2 is 2.05 bits per heavy atom. The third kappa shape index (κ3) is 2.82. The van der Waals surface area contributed by atoms with E-state index in [9.17, 15) is 8.42 Å². The summed E-state index contributed by atoms with van der Waals surface area (Å²) in [5.41, 5.74) is 3.25. The van der Waals surface area contributed by atoms with E-state index in [0.29, 0.717) is 12.1 Å². The normalized spacial score (nSPS) is 20.2. The maximum Gasteiger partial charge on any atom is 0.232 e. The molecule has 6 heteroatoms. The minimum absolute atomic E-state index is 0.106. The van der Waals surface area contributed by atoms with Gasteiger partial charge in [-0.1, -0.05) is 6.92 Å². The lowest BCUT2D eigenvalue weighted by atomic mass is 9.76. The van der Waals surface area contributed by atoms with Crippen LogP contribution in [-0.2, 0) is 20.2 Å². The highest BCUT2D eigenvalue weighted by Gasteiger charge is 2.42. The van der Waals surface area contributed by atoms with E-state index in [4.69, 9.17) is 4.74 Å². The number of nitrogens with zero attached hydrogens (tertiary/aromatic N) is 1. The van der Waals surface area contributed by atoms with Crippen molar-refractivity contribution in [1.82, 2.24) is 0 Å². The van der Waals surface area contributed by atoms with Crippen LogP contribution in [0.1, 0.15) is 31.7 Å². The zero-order valence-electron chi connectivity index (χ0n) is 13.3. The second-order valence-corrected chi connectivity index (χ2v) is 8.24. The first-order chi connectivity index (χ1) is 10.5. The van der Waals surface area contributed by atoms with Gasteiger partial charge in [-0.15, -0.1) is 0 Å². The van der Waals surface area contributed by atoms with Crippen LogP contribution in [0, 0.1) is 0 Å². The Morgan fingerprint density at radius 1 is 1.32 bits per heavy atom. The summed E-state index contributed by atoms with van der Waals surface area (Å²) in [5.74, 6) is 0.156. The molecule has 1 aromatic carbocycles. The Bertz CT molecular complexity index is 651. The Hall–Kier alpha value is -1.27. The Balaban J connectivity index is 1.93. The van der Waals surface area contributed by atoms with E-state index in [0.717, 1.165) is 32.6 Å². The largest absolute Gasteiger partial charge is 0.381 e. The fourth-order valence-electron chi connectivity index (χ4n) is 3.67. The molecule has 0 radical (unpaired) electrons. The number of rotatable bonds is 4. The second-order valence-electron chi connectivity index (χ2n) is 6.40. The van der Waals surface area contributed by atoms with Gasteiger partial charge in [-0.2, -0.15) is 0 Å². The third-order valence-corrected chi connectivity index (χ3v) is 6.21. The average molecular weight is 324 g/mol. The van der Waals surface area contributed by atoms with Crippen LogP contribution in [-0.4, -0.2) is 41.0 Å². The molecule has 22 heavy (non-hydrogen) atoms. The van der Waals surface area contributed by atoms with Gasteiger partial charge in [-0.3, -0.25) is 4.72 Å². The van der Waals surface area contributed by atoms with E-state index >= 15 is 0 Å². The van der Waals surface area contributed by atoms with Crippen LogP contribution in [0.4, 0.5) is 11.4 Å². The van der Waals surface area contributed by atoms with E-state index in [1.807, 2.05) is 25.1 Å². The van der Waals surface area contributed by atoms with Crippen molar-refractivity contribution in [3.05, 3.63) is 23.8 Å². The molecule has 0 aromatic heterocycles. The Kier molecular flexibility index (Phi) is 4.07. The predicted octanol–water partition coefficient (Wildman–Crippen LogP) is 2.34. The highest BCUT2D eigenvalue weighted by molar-refractivity contribution is 7.92. The van der Waals surface area contributed by atoms with E-state index in [1.165, 1.54) is 11.3 Å². The number of nitrogens with one attached hydrogen (secondary N) is 1. The molecular weight excluding hydrogens is 300 g/mol. The number of likely N-dealkylation sites (N-methyl/N-ethyl adjacent to an activating group) is 1. The monoisotopic (exact) mass is 324 g/mol. The topological polar surface area (TPSA) is 58.6 Å². The summed E-state index contributed by atoms with van der Waals surface area (Å²) in [5, 5.41) is 0. The van der Waals surface area contributed by atoms with Crippen LogP contribution in [0.2, 0.25) is 0 Å². The minimum Gasteiger partial charge on any atom is -0.381 e. The molecule has 2 heterocycles. The lowest BCUT2D eigenvalue weighted by molar-refractivity contribution is 0.0556. The number of fused-ring (bicyclic) bond motifs is 2. The lowest BCUT2D eigenvalue weighted by Crippen LogP contribution is -2.37. The molecule has 0 atom stereocenters. The van der Waals surface area contributed by atoms with Gasteiger partial charge in [0.15, 0.2) is 0 Å². The predicted molar refractivity (Wildman–Crippen MR) is 89.1 cm³/mol. The number of hydrogen-bond acceptors (Lipinski definition) is 4. The van der Waals surface area contributed by atoms with Gasteiger partial charge < -0.3 is 9.64 Å². The molecule has 0 unspecified atom stereocenters. The van der Waals surface area contributed by atoms with Crippen LogP contribution in [0.25, 0.3) is 0 Å². The number of benzene rings is 1. The molecule has 1 aromatic rings. The van der Waals surface area contributed by atoms with Gasteiger partial charge in [-0.05, 0) is 43.0 Å². The second kappa shape index (κ2) is 5.74. The summed E-state index contributed by atoms with van der Waals surface area (Å²) < 4.78 is 32.2. The van der Waals surface area contributed by atoms with E-state index < -0.39 is 10.0 Å². The molecule has 122 valence electrons. The summed E-state index contributed by atoms with van der Waals surface area (Å²) in [6.07, 6.45) is 2.61. The van der Waals surface area contributed by atoms with Crippen molar-refractivity contribution >= 4 is 21.4 Å². The molecule has 2 aliphatic rings. The summed E-state index contributed by atoms with van der Waals surface area (Å²) in [6, 6.07) is 5.92. The van der Waals surface area contributed by atoms with Gasteiger partial charge in [-0.25, -0.2) is 8.42 Å². The van der Waals surface area contributed by atoms with E-state index in [-0.39, 0.29) is 11.2 Å². The van der Waals surface area contributed by atoms with Gasteiger partial charge in [0, 0.05) is 43.6 Å². The van der Waals surface area contributed by atoms with Crippen LogP contribution in [0.3, 0.4) is 0 Å². The molecule has 1 saturated heterocycles. The lowest BCUT2D eigenvalue weighted by Gasteiger charge is -2.34. The van der Waals surface area contributed by atoms with E-state index in [2.05, 4.69) is 16.7 Å².